The lowest BCUT2D eigenvalue weighted by Crippen LogP contribution is -2.20. The van der Waals surface area contributed by atoms with E-state index in [4.69, 9.17) is 14.9 Å². The highest BCUT2D eigenvalue weighted by molar-refractivity contribution is 5.96. The predicted octanol–water partition coefficient (Wildman–Crippen LogP) is 0.860. The minimum absolute atomic E-state index is 0.00157. The Balaban J connectivity index is 2.44. The molecule has 0 saturated carbocycles. The fourth-order valence-corrected chi connectivity index (χ4v) is 1.58. The van der Waals surface area contributed by atoms with E-state index in [2.05, 4.69) is 0 Å². The molecule has 0 aliphatic rings. The SMILES string of the molecule is CC(=O)c1cc2ccc(OCC(N)=O)cc2oc1=O. The van der Waals surface area contributed by atoms with E-state index in [0.29, 0.717) is 11.1 Å². The second kappa shape index (κ2) is 4.93. The summed E-state index contributed by atoms with van der Waals surface area (Å²) < 4.78 is 10.1. The third-order valence-electron chi connectivity index (χ3n) is 2.47. The first-order chi connectivity index (χ1) is 8.97. The molecule has 1 aromatic heterocycles. The highest BCUT2D eigenvalue weighted by atomic mass is 16.5. The number of ether oxygens (including phenoxy) is 1. The summed E-state index contributed by atoms with van der Waals surface area (Å²) in [5.74, 6) is -0.608. The van der Waals surface area contributed by atoms with Crippen molar-refractivity contribution in [3.05, 3.63) is 40.2 Å². The van der Waals surface area contributed by atoms with Crippen LogP contribution in [-0.2, 0) is 4.79 Å². The van der Waals surface area contributed by atoms with Gasteiger partial charge in [-0.05, 0) is 25.1 Å². The number of carbonyl (C=O) groups is 2. The van der Waals surface area contributed by atoms with Crippen molar-refractivity contribution in [2.24, 2.45) is 5.73 Å². The first-order valence-electron chi connectivity index (χ1n) is 5.47. The summed E-state index contributed by atoms with van der Waals surface area (Å²) in [6.07, 6.45) is 0. The zero-order valence-electron chi connectivity index (χ0n) is 10.1. The number of primary amides is 1. The standard InChI is InChI=1S/C13H11NO5/c1-7(15)10-4-8-2-3-9(18-6-12(14)16)5-11(8)19-13(10)17/h2-5H,6H2,1H3,(H2,14,16). The van der Waals surface area contributed by atoms with E-state index in [9.17, 15) is 14.4 Å². The Labute approximate surface area is 107 Å². The molecule has 2 rings (SSSR count). The molecule has 2 N–H and O–H groups in total. The van der Waals surface area contributed by atoms with E-state index < -0.39 is 11.5 Å². The van der Waals surface area contributed by atoms with Crippen molar-refractivity contribution < 1.29 is 18.7 Å². The Bertz CT molecular complexity index is 717. The molecule has 0 aliphatic carbocycles. The van der Waals surface area contributed by atoms with Crippen LogP contribution in [0.2, 0.25) is 0 Å². The van der Waals surface area contributed by atoms with Crippen LogP contribution >= 0.6 is 0 Å². The molecule has 98 valence electrons. The molecule has 2 aromatic rings. The fourth-order valence-electron chi connectivity index (χ4n) is 1.58. The molecule has 1 aromatic carbocycles. The van der Waals surface area contributed by atoms with Crippen LogP contribution in [0.4, 0.5) is 0 Å². The van der Waals surface area contributed by atoms with Gasteiger partial charge in [0.05, 0.1) is 0 Å². The third-order valence-corrected chi connectivity index (χ3v) is 2.47. The van der Waals surface area contributed by atoms with Gasteiger partial charge in [-0.3, -0.25) is 9.59 Å². The van der Waals surface area contributed by atoms with Crippen LogP contribution in [0.3, 0.4) is 0 Å². The molecule has 6 nitrogen and oxygen atoms in total. The monoisotopic (exact) mass is 261 g/mol. The Morgan fingerprint density at radius 1 is 1.32 bits per heavy atom. The summed E-state index contributed by atoms with van der Waals surface area (Å²) in [4.78, 5) is 33.4. The van der Waals surface area contributed by atoms with Crippen molar-refractivity contribution >= 4 is 22.7 Å². The number of carbonyl (C=O) groups excluding carboxylic acids is 2. The van der Waals surface area contributed by atoms with E-state index in [1.54, 1.807) is 12.1 Å². The highest BCUT2D eigenvalue weighted by Crippen LogP contribution is 2.20. The van der Waals surface area contributed by atoms with Gasteiger partial charge in [-0.25, -0.2) is 4.79 Å². The van der Waals surface area contributed by atoms with Gasteiger partial charge in [-0.2, -0.15) is 0 Å². The maximum atomic E-state index is 11.5. The van der Waals surface area contributed by atoms with Gasteiger partial charge in [0.1, 0.15) is 16.9 Å². The summed E-state index contributed by atoms with van der Waals surface area (Å²) >= 11 is 0. The molecule has 19 heavy (non-hydrogen) atoms. The van der Waals surface area contributed by atoms with Crippen LogP contribution in [0.15, 0.2) is 33.5 Å². The van der Waals surface area contributed by atoms with Crippen molar-refractivity contribution in [3.63, 3.8) is 0 Å². The Morgan fingerprint density at radius 3 is 2.68 bits per heavy atom. The summed E-state index contributed by atoms with van der Waals surface area (Å²) in [6.45, 7) is 1.03. The third kappa shape index (κ3) is 2.79. The average molecular weight is 261 g/mol. The van der Waals surface area contributed by atoms with Gasteiger partial charge in [0.2, 0.25) is 0 Å². The molecule has 1 heterocycles. The van der Waals surface area contributed by atoms with Crippen LogP contribution < -0.4 is 16.1 Å². The van der Waals surface area contributed by atoms with E-state index in [-0.39, 0.29) is 23.5 Å². The maximum Gasteiger partial charge on any atom is 0.347 e. The van der Waals surface area contributed by atoms with Crippen molar-refractivity contribution in [1.29, 1.82) is 0 Å². The molecule has 0 fully saturated rings. The quantitative estimate of drug-likeness (QED) is 0.650. The minimum atomic E-state index is -0.702. The number of amides is 1. The Kier molecular flexibility index (Phi) is 3.33. The number of rotatable bonds is 4. The number of ketones is 1. The van der Waals surface area contributed by atoms with Crippen LogP contribution in [-0.4, -0.2) is 18.3 Å². The second-order valence-electron chi connectivity index (χ2n) is 3.96. The van der Waals surface area contributed by atoms with E-state index in [1.165, 1.54) is 19.1 Å². The number of nitrogens with two attached hydrogens (primary N) is 1. The summed E-state index contributed by atoms with van der Waals surface area (Å²) in [5, 5.41) is 0.594. The molecule has 0 unspecified atom stereocenters. The fraction of sp³-hybridized carbons (Fsp3) is 0.154. The molecule has 0 saturated heterocycles. The zero-order valence-corrected chi connectivity index (χ0v) is 10.1. The first kappa shape index (κ1) is 12.8. The summed E-state index contributed by atoms with van der Waals surface area (Å²) in [7, 11) is 0. The Morgan fingerprint density at radius 2 is 2.05 bits per heavy atom. The van der Waals surface area contributed by atoms with E-state index >= 15 is 0 Å². The number of fused-ring (bicyclic) bond motifs is 1. The molecule has 0 aliphatic heterocycles. The molecule has 0 spiro atoms. The van der Waals surface area contributed by atoms with Crippen molar-refractivity contribution in [2.45, 2.75) is 6.92 Å². The van der Waals surface area contributed by atoms with Gasteiger partial charge >= 0.3 is 5.63 Å². The maximum absolute atomic E-state index is 11.5. The van der Waals surface area contributed by atoms with Crippen molar-refractivity contribution in [2.75, 3.05) is 6.61 Å². The van der Waals surface area contributed by atoms with E-state index in [1.807, 2.05) is 0 Å². The zero-order chi connectivity index (χ0) is 14.0. The van der Waals surface area contributed by atoms with Gasteiger partial charge in [0, 0.05) is 11.5 Å². The number of Topliss-reactive ketones (excluding diaryl/α,β-unsaturated/α-hetero) is 1. The molecule has 6 heteroatoms. The molecule has 1 amide bonds. The second-order valence-corrected chi connectivity index (χ2v) is 3.96. The van der Waals surface area contributed by atoms with E-state index in [0.717, 1.165) is 0 Å². The minimum Gasteiger partial charge on any atom is -0.484 e. The summed E-state index contributed by atoms with van der Waals surface area (Å²) in [6, 6.07) is 6.14. The lowest BCUT2D eigenvalue weighted by molar-refractivity contribution is -0.119. The number of hydrogen-bond donors (Lipinski definition) is 1. The molecule has 0 radical (unpaired) electrons. The van der Waals surface area contributed by atoms with Gasteiger partial charge in [-0.15, -0.1) is 0 Å². The number of benzene rings is 1. The van der Waals surface area contributed by atoms with Gasteiger partial charge in [0.15, 0.2) is 12.4 Å². The van der Waals surface area contributed by atoms with Gasteiger partial charge < -0.3 is 14.9 Å². The van der Waals surface area contributed by atoms with Crippen molar-refractivity contribution in [1.82, 2.24) is 0 Å². The van der Waals surface area contributed by atoms with Crippen LogP contribution in [0.1, 0.15) is 17.3 Å². The smallest absolute Gasteiger partial charge is 0.347 e. The number of hydrogen-bond acceptors (Lipinski definition) is 5. The van der Waals surface area contributed by atoms with Crippen LogP contribution in [0.5, 0.6) is 5.75 Å². The lowest BCUT2D eigenvalue weighted by atomic mass is 10.1. The topological polar surface area (TPSA) is 99.6 Å². The van der Waals surface area contributed by atoms with Crippen LogP contribution in [0.25, 0.3) is 11.0 Å². The average Bonchev–Trinajstić information content (AvgIpc) is 2.34. The Hall–Kier alpha value is -2.63. The van der Waals surface area contributed by atoms with Crippen molar-refractivity contribution in [3.8, 4) is 5.75 Å². The molecule has 0 bridgehead atoms. The first-order valence-corrected chi connectivity index (χ1v) is 5.47. The highest BCUT2D eigenvalue weighted by Gasteiger charge is 2.10. The van der Waals surface area contributed by atoms with Gasteiger partial charge in [-0.1, -0.05) is 0 Å². The summed E-state index contributed by atoms with van der Waals surface area (Å²) in [5.41, 5.74) is 4.53. The normalized spacial score (nSPS) is 10.4. The predicted molar refractivity (Wildman–Crippen MR) is 67.2 cm³/mol. The molecular weight excluding hydrogens is 250 g/mol. The largest absolute Gasteiger partial charge is 0.484 e. The molecular formula is C13H11NO5. The van der Waals surface area contributed by atoms with Crippen LogP contribution in [0, 0.1) is 0 Å². The van der Waals surface area contributed by atoms with Gasteiger partial charge in [0.25, 0.3) is 5.91 Å². The molecule has 0 atom stereocenters. The lowest BCUT2D eigenvalue weighted by Gasteiger charge is -2.05.